The Labute approximate surface area is 134 Å². The minimum Gasteiger partial charge on any atom is -0.342 e. The third-order valence-corrected chi connectivity index (χ3v) is 5.18. The van der Waals surface area contributed by atoms with Gasteiger partial charge in [0.25, 0.3) is 0 Å². The first kappa shape index (κ1) is 15.5. The van der Waals surface area contributed by atoms with Crippen LogP contribution in [0.4, 0.5) is 0 Å². The molecule has 2 aliphatic rings. The van der Waals surface area contributed by atoms with Gasteiger partial charge in [-0.2, -0.15) is 0 Å². The Kier molecular flexibility index (Phi) is 5.14. The number of nitrogens with zero attached hydrogens (tertiary/aromatic N) is 2. The topological polar surface area (TPSA) is 23.6 Å². The summed E-state index contributed by atoms with van der Waals surface area (Å²) in [4.78, 5) is 17.3. The van der Waals surface area contributed by atoms with E-state index in [4.69, 9.17) is 0 Å². The van der Waals surface area contributed by atoms with E-state index < -0.39 is 0 Å². The normalized spacial score (nSPS) is 23.5. The number of rotatable bonds is 3. The van der Waals surface area contributed by atoms with Crippen LogP contribution < -0.4 is 0 Å². The molecule has 1 aromatic rings. The molecule has 0 aliphatic carbocycles. The van der Waals surface area contributed by atoms with Gasteiger partial charge in [-0.3, -0.25) is 9.69 Å². The molecule has 0 saturated carbocycles. The van der Waals surface area contributed by atoms with Gasteiger partial charge in [-0.25, -0.2) is 0 Å². The van der Waals surface area contributed by atoms with Gasteiger partial charge in [0.15, 0.2) is 0 Å². The highest BCUT2D eigenvalue weighted by molar-refractivity contribution is 5.79. The van der Waals surface area contributed by atoms with Gasteiger partial charge in [0.05, 0.1) is 5.92 Å². The zero-order valence-corrected chi connectivity index (χ0v) is 13.8. The third-order valence-electron chi connectivity index (χ3n) is 5.18. The predicted octanol–water partition coefficient (Wildman–Crippen LogP) is 3.22. The smallest absolute Gasteiger partial charge is 0.226 e. The molecule has 0 radical (unpaired) electrons. The van der Waals surface area contributed by atoms with E-state index in [2.05, 4.69) is 41.0 Å². The number of amides is 1. The average Bonchev–Trinajstić information content (AvgIpc) is 2.57. The highest BCUT2D eigenvalue weighted by Gasteiger charge is 2.29. The molecule has 0 unspecified atom stereocenters. The summed E-state index contributed by atoms with van der Waals surface area (Å²) in [6.45, 7) is 7.17. The first-order chi connectivity index (χ1) is 10.7. The van der Waals surface area contributed by atoms with E-state index in [9.17, 15) is 4.79 Å². The molecule has 120 valence electrons. The largest absolute Gasteiger partial charge is 0.342 e. The summed E-state index contributed by atoms with van der Waals surface area (Å²) in [5.41, 5.74) is 2.75. The van der Waals surface area contributed by atoms with Crippen molar-refractivity contribution in [3.05, 3.63) is 35.4 Å². The number of hydrogen-bond acceptors (Lipinski definition) is 2. The van der Waals surface area contributed by atoms with E-state index in [1.54, 1.807) is 0 Å². The summed E-state index contributed by atoms with van der Waals surface area (Å²) < 4.78 is 0. The molecule has 0 spiro atoms. The molecule has 1 aromatic carbocycles. The number of hydrogen-bond donors (Lipinski definition) is 0. The fraction of sp³-hybridized carbons (Fsp3) is 0.632. The van der Waals surface area contributed by atoms with E-state index in [1.807, 2.05) is 0 Å². The molecule has 1 atom stereocenters. The summed E-state index contributed by atoms with van der Waals surface area (Å²) in [6, 6.07) is 8.60. The lowest BCUT2D eigenvalue weighted by Crippen LogP contribution is -2.46. The highest BCUT2D eigenvalue weighted by atomic mass is 16.2. The Morgan fingerprint density at radius 3 is 2.64 bits per heavy atom. The monoisotopic (exact) mass is 300 g/mol. The van der Waals surface area contributed by atoms with Gasteiger partial charge in [-0.05, 0) is 56.7 Å². The van der Waals surface area contributed by atoms with Crippen LogP contribution in [0.15, 0.2) is 24.3 Å². The Hall–Kier alpha value is -1.35. The van der Waals surface area contributed by atoms with Crippen molar-refractivity contribution in [2.24, 2.45) is 5.92 Å². The summed E-state index contributed by atoms with van der Waals surface area (Å²) in [5, 5.41) is 0. The van der Waals surface area contributed by atoms with Crippen molar-refractivity contribution >= 4 is 5.91 Å². The number of likely N-dealkylation sites (tertiary alicyclic amines) is 2. The van der Waals surface area contributed by atoms with E-state index in [-0.39, 0.29) is 5.92 Å². The number of aryl methyl sites for hydroxylation is 1. The standard InChI is InChI=1S/C19H28N2O/c1-16-8-3-4-9-17(16)14-20-11-7-10-18(15-20)19(22)21-12-5-2-6-13-21/h3-4,8-9,18H,2,5-7,10-15H2,1H3/t18-/m1/s1. The third kappa shape index (κ3) is 3.70. The highest BCUT2D eigenvalue weighted by Crippen LogP contribution is 2.23. The second-order valence-electron chi connectivity index (χ2n) is 6.89. The van der Waals surface area contributed by atoms with Crippen molar-refractivity contribution < 1.29 is 4.79 Å². The van der Waals surface area contributed by atoms with E-state index in [0.717, 1.165) is 45.6 Å². The first-order valence-corrected chi connectivity index (χ1v) is 8.79. The molecule has 0 bridgehead atoms. The number of carbonyl (C=O) groups is 1. The van der Waals surface area contributed by atoms with Crippen LogP contribution in [0.1, 0.15) is 43.2 Å². The molecule has 2 saturated heterocycles. The molecule has 3 rings (SSSR count). The van der Waals surface area contributed by atoms with Crippen molar-refractivity contribution in [1.29, 1.82) is 0 Å². The summed E-state index contributed by atoms with van der Waals surface area (Å²) in [6.07, 6.45) is 5.88. The molecule has 2 fully saturated rings. The van der Waals surface area contributed by atoms with Crippen LogP contribution in [0, 0.1) is 12.8 Å². The lowest BCUT2D eigenvalue weighted by atomic mass is 9.95. The second-order valence-corrected chi connectivity index (χ2v) is 6.89. The number of carbonyl (C=O) groups excluding carboxylic acids is 1. The van der Waals surface area contributed by atoms with Gasteiger partial charge in [0.1, 0.15) is 0 Å². The predicted molar refractivity (Wildman–Crippen MR) is 89.6 cm³/mol. The van der Waals surface area contributed by atoms with Crippen molar-refractivity contribution in [3.63, 3.8) is 0 Å². The molecule has 0 N–H and O–H groups in total. The van der Waals surface area contributed by atoms with Gasteiger partial charge in [-0.15, -0.1) is 0 Å². The molecule has 22 heavy (non-hydrogen) atoms. The van der Waals surface area contributed by atoms with Crippen molar-refractivity contribution in [2.75, 3.05) is 26.2 Å². The van der Waals surface area contributed by atoms with Crippen LogP contribution in [-0.2, 0) is 11.3 Å². The molecule has 2 aliphatic heterocycles. The molecule has 2 heterocycles. The minimum atomic E-state index is 0.218. The van der Waals surface area contributed by atoms with Gasteiger partial charge >= 0.3 is 0 Å². The fourth-order valence-electron chi connectivity index (χ4n) is 3.80. The van der Waals surface area contributed by atoms with Crippen LogP contribution in [-0.4, -0.2) is 41.9 Å². The van der Waals surface area contributed by atoms with E-state index >= 15 is 0 Å². The van der Waals surface area contributed by atoms with Crippen molar-refractivity contribution in [2.45, 2.75) is 45.6 Å². The lowest BCUT2D eigenvalue weighted by Gasteiger charge is -2.36. The van der Waals surface area contributed by atoms with Gasteiger partial charge in [0, 0.05) is 26.2 Å². The van der Waals surface area contributed by atoms with Gasteiger partial charge in [-0.1, -0.05) is 24.3 Å². The number of benzene rings is 1. The Bertz CT molecular complexity index is 508. The summed E-state index contributed by atoms with van der Waals surface area (Å²) in [7, 11) is 0. The SMILES string of the molecule is Cc1ccccc1CN1CCC[C@@H](C(=O)N2CCCCC2)C1. The van der Waals surface area contributed by atoms with Crippen LogP contribution in [0.5, 0.6) is 0 Å². The summed E-state index contributed by atoms with van der Waals surface area (Å²) >= 11 is 0. The van der Waals surface area contributed by atoms with Crippen molar-refractivity contribution in [3.8, 4) is 0 Å². The van der Waals surface area contributed by atoms with Crippen LogP contribution >= 0.6 is 0 Å². The van der Waals surface area contributed by atoms with Crippen molar-refractivity contribution in [1.82, 2.24) is 9.80 Å². The van der Waals surface area contributed by atoms with Crippen LogP contribution in [0.2, 0.25) is 0 Å². The lowest BCUT2D eigenvalue weighted by molar-refractivity contribution is -0.138. The maximum Gasteiger partial charge on any atom is 0.226 e. The van der Waals surface area contributed by atoms with E-state index in [0.29, 0.717) is 5.91 Å². The van der Waals surface area contributed by atoms with Gasteiger partial charge < -0.3 is 4.90 Å². The molecule has 3 heteroatoms. The minimum absolute atomic E-state index is 0.218. The summed E-state index contributed by atoms with van der Waals surface area (Å²) in [5.74, 6) is 0.630. The molecular formula is C19H28N2O. The fourth-order valence-corrected chi connectivity index (χ4v) is 3.80. The van der Waals surface area contributed by atoms with E-state index in [1.165, 1.54) is 30.4 Å². The Morgan fingerprint density at radius 2 is 1.86 bits per heavy atom. The second kappa shape index (κ2) is 7.28. The Morgan fingerprint density at radius 1 is 1.09 bits per heavy atom. The maximum atomic E-state index is 12.7. The molecule has 1 amide bonds. The average molecular weight is 300 g/mol. The first-order valence-electron chi connectivity index (χ1n) is 8.79. The zero-order valence-electron chi connectivity index (χ0n) is 13.8. The van der Waals surface area contributed by atoms with Gasteiger partial charge in [0.2, 0.25) is 5.91 Å². The van der Waals surface area contributed by atoms with Crippen LogP contribution in [0.3, 0.4) is 0 Å². The zero-order chi connectivity index (χ0) is 15.4. The van der Waals surface area contributed by atoms with Crippen LogP contribution in [0.25, 0.3) is 0 Å². The molecular weight excluding hydrogens is 272 g/mol. The quantitative estimate of drug-likeness (QED) is 0.856. The number of piperidine rings is 2. The molecule has 0 aromatic heterocycles. The molecule has 3 nitrogen and oxygen atoms in total. The Balaban J connectivity index is 1.59. The maximum absolute atomic E-state index is 12.7.